The van der Waals surface area contributed by atoms with E-state index in [0.717, 1.165) is 11.3 Å². The molecule has 0 aliphatic carbocycles. The zero-order valence-electron chi connectivity index (χ0n) is 11.2. The van der Waals surface area contributed by atoms with Gasteiger partial charge in [-0.2, -0.15) is 0 Å². The van der Waals surface area contributed by atoms with Gasteiger partial charge in [0.05, 0.1) is 23.1 Å². The smallest absolute Gasteiger partial charge is 0.266 e. The lowest BCUT2D eigenvalue weighted by Gasteiger charge is -2.12. The van der Waals surface area contributed by atoms with E-state index < -0.39 is 0 Å². The summed E-state index contributed by atoms with van der Waals surface area (Å²) in [6.07, 6.45) is 0. The highest BCUT2D eigenvalue weighted by atomic mass is 16.1. The van der Waals surface area contributed by atoms with E-state index >= 15 is 0 Å². The molecule has 0 unspecified atom stereocenters. The van der Waals surface area contributed by atoms with E-state index in [1.807, 2.05) is 49.4 Å². The number of nitrogens with two attached hydrogens (primary N) is 1. The predicted molar refractivity (Wildman–Crippen MR) is 80.0 cm³/mol. The molecule has 2 aromatic carbocycles. The van der Waals surface area contributed by atoms with Crippen molar-refractivity contribution >= 4 is 10.9 Å². The highest BCUT2D eigenvalue weighted by Crippen LogP contribution is 2.13. The number of hydrogen-bond donors (Lipinski definition) is 1. The SMILES string of the molecule is Cc1cccc(-n2c(CN)nc3ccccc3c2=O)c1. The van der Waals surface area contributed by atoms with Gasteiger partial charge in [-0.3, -0.25) is 9.36 Å². The van der Waals surface area contributed by atoms with E-state index in [0.29, 0.717) is 16.7 Å². The number of aryl methyl sites for hydroxylation is 1. The minimum absolute atomic E-state index is 0.0818. The maximum absolute atomic E-state index is 12.7. The number of rotatable bonds is 2. The lowest BCUT2D eigenvalue weighted by molar-refractivity contribution is 0.816. The lowest BCUT2D eigenvalue weighted by atomic mass is 10.2. The van der Waals surface area contributed by atoms with Crippen LogP contribution in [0.2, 0.25) is 0 Å². The molecular weight excluding hydrogens is 250 g/mol. The molecule has 3 rings (SSSR count). The molecule has 4 heteroatoms. The fraction of sp³-hybridized carbons (Fsp3) is 0.125. The van der Waals surface area contributed by atoms with Crippen LogP contribution < -0.4 is 11.3 Å². The third-order valence-electron chi connectivity index (χ3n) is 3.29. The summed E-state index contributed by atoms with van der Waals surface area (Å²) in [4.78, 5) is 17.2. The minimum Gasteiger partial charge on any atom is -0.324 e. The maximum atomic E-state index is 12.7. The molecule has 100 valence electrons. The second kappa shape index (κ2) is 4.90. The van der Waals surface area contributed by atoms with Crippen LogP contribution in [-0.4, -0.2) is 9.55 Å². The van der Waals surface area contributed by atoms with Crippen molar-refractivity contribution in [2.24, 2.45) is 5.73 Å². The van der Waals surface area contributed by atoms with E-state index in [1.54, 1.807) is 10.6 Å². The largest absolute Gasteiger partial charge is 0.324 e. The van der Waals surface area contributed by atoms with Crippen LogP contribution >= 0.6 is 0 Å². The number of benzene rings is 2. The summed E-state index contributed by atoms with van der Waals surface area (Å²) in [7, 11) is 0. The van der Waals surface area contributed by atoms with Crippen LogP contribution in [0.5, 0.6) is 0 Å². The first kappa shape index (κ1) is 12.6. The van der Waals surface area contributed by atoms with E-state index in [2.05, 4.69) is 4.98 Å². The average molecular weight is 265 g/mol. The average Bonchev–Trinajstić information content (AvgIpc) is 2.47. The quantitative estimate of drug-likeness (QED) is 0.772. The Kier molecular flexibility index (Phi) is 3.08. The second-order valence-corrected chi connectivity index (χ2v) is 4.73. The maximum Gasteiger partial charge on any atom is 0.266 e. The molecular formula is C16H15N3O. The monoisotopic (exact) mass is 265 g/mol. The molecule has 2 N–H and O–H groups in total. The van der Waals surface area contributed by atoms with Crippen molar-refractivity contribution < 1.29 is 0 Å². The van der Waals surface area contributed by atoms with E-state index in [9.17, 15) is 4.79 Å². The number of fused-ring (bicyclic) bond motifs is 1. The van der Waals surface area contributed by atoms with Gasteiger partial charge in [-0.15, -0.1) is 0 Å². The number of hydrogen-bond acceptors (Lipinski definition) is 3. The van der Waals surface area contributed by atoms with Crippen LogP contribution in [0.15, 0.2) is 53.3 Å². The molecule has 0 aliphatic heterocycles. The van der Waals surface area contributed by atoms with Crippen LogP contribution in [-0.2, 0) is 6.54 Å². The molecule has 1 aromatic heterocycles. The van der Waals surface area contributed by atoms with Crippen molar-refractivity contribution in [2.45, 2.75) is 13.5 Å². The highest BCUT2D eigenvalue weighted by molar-refractivity contribution is 5.77. The zero-order valence-corrected chi connectivity index (χ0v) is 11.2. The Balaban J connectivity index is 2.40. The van der Waals surface area contributed by atoms with Crippen molar-refractivity contribution in [2.75, 3.05) is 0 Å². The normalized spacial score (nSPS) is 10.9. The third kappa shape index (κ3) is 2.00. The van der Waals surface area contributed by atoms with Gasteiger partial charge in [-0.05, 0) is 36.8 Å². The Morgan fingerprint density at radius 1 is 1.15 bits per heavy atom. The summed E-state index contributed by atoms with van der Waals surface area (Å²) in [5, 5.41) is 0.603. The lowest BCUT2D eigenvalue weighted by Crippen LogP contribution is -2.25. The van der Waals surface area contributed by atoms with Crippen molar-refractivity contribution in [1.29, 1.82) is 0 Å². The van der Waals surface area contributed by atoms with Gasteiger partial charge in [0.1, 0.15) is 5.82 Å². The van der Waals surface area contributed by atoms with Crippen LogP contribution in [0.4, 0.5) is 0 Å². The van der Waals surface area contributed by atoms with Gasteiger partial charge in [0.2, 0.25) is 0 Å². The van der Waals surface area contributed by atoms with Crippen LogP contribution in [0.25, 0.3) is 16.6 Å². The van der Waals surface area contributed by atoms with E-state index in [-0.39, 0.29) is 12.1 Å². The molecule has 1 heterocycles. The number of aromatic nitrogens is 2. The molecule has 20 heavy (non-hydrogen) atoms. The molecule has 0 atom stereocenters. The summed E-state index contributed by atoms with van der Waals surface area (Å²) < 4.78 is 1.59. The summed E-state index contributed by atoms with van der Waals surface area (Å²) in [6.45, 7) is 2.21. The number of nitrogens with zero attached hydrogens (tertiary/aromatic N) is 2. The molecule has 0 spiro atoms. The summed E-state index contributed by atoms with van der Waals surface area (Å²) in [6, 6.07) is 15.1. The molecule has 3 aromatic rings. The third-order valence-corrected chi connectivity index (χ3v) is 3.29. The topological polar surface area (TPSA) is 60.9 Å². The van der Waals surface area contributed by atoms with E-state index in [1.165, 1.54) is 0 Å². The Labute approximate surface area is 116 Å². The van der Waals surface area contributed by atoms with Crippen molar-refractivity contribution in [3.63, 3.8) is 0 Å². The Bertz CT molecular complexity index is 836. The zero-order chi connectivity index (χ0) is 14.1. The molecule has 0 saturated carbocycles. The fourth-order valence-electron chi connectivity index (χ4n) is 2.35. The van der Waals surface area contributed by atoms with Gasteiger partial charge < -0.3 is 5.73 Å². The Hall–Kier alpha value is -2.46. The molecule has 4 nitrogen and oxygen atoms in total. The first-order chi connectivity index (χ1) is 9.70. The predicted octanol–water partition coefficient (Wildman–Crippen LogP) is 2.15. The van der Waals surface area contributed by atoms with Crippen LogP contribution in [0, 0.1) is 6.92 Å². The second-order valence-electron chi connectivity index (χ2n) is 4.73. The molecule has 0 amide bonds. The van der Waals surface area contributed by atoms with Crippen molar-refractivity contribution in [3.8, 4) is 5.69 Å². The first-order valence-corrected chi connectivity index (χ1v) is 6.48. The van der Waals surface area contributed by atoms with Gasteiger partial charge in [0.15, 0.2) is 0 Å². The molecule has 0 bridgehead atoms. The van der Waals surface area contributed by atoms with Gasteiger partial charge in [-0.25, -0.2) is 4.98 Å². The van der Waals surface area contributed by atoms with Crippen LogP contribution in [0.1, 0.15) is 11.4 Å². The Morgan fingerprint density at radius 3 is 2.70 bits per heavy atom. The highest BCUT2D eigenvalue weighted by Gasteiger charge is 2.11. The summed E-state index contributed by atoms with van der Waals surface area (Å²) >= 11 is 0. The van der Waals surface area contributed by atoms with Crippen molar-refractivity contribution in [3.05, 3.63) is 70.3 Å². The van der Waals surface area contributed by atoms with E-state index in [4.69, 9.17) is 5.73 Å². The molecule has 0 radical (unpaired) electrons. The minimum atomic E-state index is -0.0818. The Morgan fingerprint density at radius 2 is 1.95 bits per heavy atom. The molecule has 0 fully saturated rings. The van der Waals surface area contributed by atoms with Gasteiger partial charge >= 0.3 is 0 Å². The summed E-state index contributed by atoms with van der Waals surface area (Å²) in [5.74, 6) is 0.569. The van der Waals surface area contributed by atoms with Gasteiger partial charge in [0, 0.05) is 0 Å². The van der Waals surface area contributed by atoms with Gasteiger partial charge in [0.25, 0.3) is 5.56 Å². The number of para-hydroxylation sites is 1. The first-order valence-electron chi connectivity index (χ1n) is 6.48. The standard InChI is InChI=1S/C16H15N3O/c1-11-5-4-6-12(9-11)19-15(10-17)18-14-8-3-2-7-13(14)16(19)20/h2-9H,10,17H2,1H3. The molecule has 0 aliphatic rings. The van der Waals surface area contributed by atoms with Crippen LogP contribution in [0.3, 0.4) is 0 Å². The van der Waals surface area contributed by atoms with Gasteiger partial charge in [-0.1, -0.05) is 24.3 Å². The fourth-order valence-corrected chi connectivity index (χ4v) is 2.35. The van der Waals surface area contributed by atoms with Crippen molar-refractivity contribution in [1.82, 2.24) is 9.55 Å². The molecule has 0 saturated heterocycles. The summed E-state index contributed by atoms with van der Waals surface area (Å²) in [5.41, 5.74) is 8.25.